The smallest absolute Gasteiger partial charge is 0.245 e. The van der Waals surface area contributed by atoms with E-state index in [1.54, 1.807) is 11.4 Å². The van der Waals surface area contributed by atoms with Crippen LogP contribution >= 0.6 is 11.3 Å². The zero-order valence-electron chi connectivity index (χ0n) is 7.41. The second kappa shape index (κ2) is 3.08. The predicted octanol–water partition coefficient (Wildman–Crippen LogP) is 1.05. The van der Waals surface area contributed by atoms with E-state index in [9.17, 15) is 4.79 Å². The van der Waals surface area contributed by atoms with Crippen LogP contribution in [-0.4, -0.2) is 11.4 Å². The molecule has 0 saturated heterocycles. The number of carbonyl (C=O) groups is 1. The Labute approximate surface area is 85.3 Å². The molecule has 1 aliphatic rings. The van der Waals surface area contributed by atoms with E-state index >= 15 is 0 Å². The van der Waals surface area contributed by atoms with Crippen molar-refractivity contribution in [3.63, 3.8) is 0 Å². The Morgan fingerprint density at radius 2 is 2.43 bits per heavy atom. The van der Waals surface area contributed by atoms with Crippen LogP contribution in [0.15, 0.2) is 11.4 Å². The molecule has 0 bridgehead atoms. The third-order valence-corrected chi connectivity index (χ3v) is 3.08. The van der Waals surface area contributed by atoms with Gasteiger partial charge in [-0.15, -0.1) is 11.3 Å². The van der Waals surface area contributed by atoms with Crippen LogP contribution in [0.4, 0.5) is 5.00 Å². The van der Waals surface area contributed by atoms with Gasteiger partial charge in [0.15, 0.2) is 0 Å². The average molecular weight is 207 g/mol. The van der Waals surface area contributed by atoms with Crippen LogP contribution in [0.2, 0.25) is 0 Å². The molecule has 5 heteroatoms. The quantitative estimate of drug-likeness (QED) is 0.760. The molecule has 1 amide bonds. The number of anilines is 1. The number of hydrogen-bond donors (Lipinski definition) is 2. The van der Waals surface area contributed by atoms with Gasteiger partial charge in [-0.05, 0) is 24.3 Å². The monoisotopic (exact) mass is 207 g/mol. The summed E-state index contributed by atoms with van der Waals surface area (Å²) in [4.78, 5) is 11.5. The van der Waals surface area contributed by atoms with Crippen LogP contribution < -0.4 is 11.1 Å². The normalized spacial score (nSPS) is 17.1. The SMILES string of the molecule is N#Cc1ccsc1NC(=O)C1(N)CC1. The molecule has 1 heterocycles. The van der Waals surface area contributed by atoms with E-state index in [4.69, 9.17) is 11.0 Å². The van der Waals surface area contributed by atoms with Crippen molar-refractivity contribution in [2.24, 2.45) is 5.73 Å². The Morgan fingerprint density at radius 3 is 3.00 bits per heavy atom. The predicted molar refractivity (Wildman–Crippen MR) is 53.8 cm³/mol. The van der Waals surface area contributed by atoms with Crippen molar-refractivity contribution in [3.05, 3.63) is 17.0 Å². The van der Waals surface area contributed by atoms with Gasteiger partial charge in [0.2, 0.25) is 5.91 Å². The van der Waals surface area contributed by atoms with Gasteiger partial charge >= 0.3 is 0 Å². The van der Waals surface area contributed by atoms with Crippen molar-refractivity contribution in [1.29, 1.82) is 5.26 Å². The van der Waals surface area contributed by atoms with Gasteiger partial charge in [0.05, 0.1) is 11.1 Å². The average Bonchev–Trinajstić information content (AvgIpc) is 2.78. The number of nitrogens with zero attached hydrogens (tertiary/aromatic N) is 1. The summed E-state index contributed by atoms with van der Waals surface area (Å²) < 4.78 is 0. The molecule has 3 N–H and O–H groups in total. The Balaban J connectivity index is 2.12. The first-order chi connectivity index (χ1) is 6.65. The van der Waals surface area contributed by atoms with Crippen LogP contribution in [0, 0.1) is 11.3 Å². The number of nitrogens with one attached hydrogen (secondary N) is 1. The molecule has 2 rings (SSSR count). The highest BCUT2D eigenvalue weighted by Gasteiger charge is 2.46. The highest BCUT2D eigenvalue weighted by atomic mass is 32.1. The number of rotatable bonds is 2. The van der Waals surface area contributed by atoms with Crippen LogP contribution in [-0.2, 0) is 4.79 Å². The fraction of sp³-hybridized carbons (Fsp3) is 0.333. The van der Waals surface area contributed by atoms with Crippen LogP contribution in [0.1, 0.15) is 18.4 Å². The number of nitriles is 1. The largest absolute Gasteiger partial charge is 0.317 e. The van der Waals surface area contributed by atoms with Crippen LogP contribution in [0.3, 0.4) is 0 Å². The molecule has 1 aliphatic carbocycles. The summed E-state index contributed by atoms with van der Waals surface area (Å²) in [5.74, 6) is -0.184. The van der Waals surface area contributed by atoms with Crippen molar-refractivity contribution >= 4 is 22.2 Å². The molecule has 72 valence electrons. The number of amides is 1. The maximum Gasteiger partial charge on any atom is 0.245 e. The maximum absolute atomic E-state index is 11.5. The maximum atomic E-state index is 11.5. The van der Waals surface area contributed by atoms with Gasteiger partial charge in [0, 0.05) is 0 Å². The van der Waals surface area contributed by atoms with Gasteiger partial charge in [0.1, 0.15) is 11.1 Å². The van der Waals surface area contributed by atoms with E-state index in [-0.39, 0.29) is 5.91 Å². The van der Waals surface area contributed by atoms with Crippen LogP contribution in [0.25, 0.3) is 0 Å². The zero-order valence-corrected chi connectivity index (χ0v) is 8.23. The zero-order chi connectivity index (χ0) is 10.2. The lowest BCUT2D eigenvalue weighted by Gasteiger charge is -2.07. The molecule has 14 heavy (non-hydrogen) atoms. The lowest BCUT2D eigenvalue weighted by Crippen LogP contribution is -2.37. The Hall–Kier alpha value is -1.38. The van der Waals surface area contributed by atoms with E-state index in [1.165, 1.54) is 11.3 Å². The summed E-state index contributed by atoms with van der Waals surface area (Å²) in [6, 6.07) is 3.68. The van der Waals surface area contributed by atoms with E-state index in [0.717, 1.165) is 12.8 Å². The van der Waals surface area contributed by atoms with Gasteiger partial charge in [-0.3, -0.25) is 4.79 Å². The van der Waals surface area contributed by atoms with Crippen LogP contribution in [0.5, 0.6) is 0 Å². The van der Waals surface area contributed by atoms with Crippen molar-refractivity contribution in [2.75, 3.05) is 5.32 Å². The number of hydrogen-bond acceptors (Lipinski definition) is 4. The van der Waals surface area contributed by atoms with Gasteiger partial charge in [-0.25, -0.2) is 0 Å². The Morgan fingerprint density at radius 1 is 1.71 bits per heavy atom. The minimum atomic E-state index is -0.684. The molecular weight excluding hydrogens is 198 g/mol. The van der Waals surface area contributed by atoms with Crippen molar-refractivity contribution in [1.82, 2.24) is 0 Å². The van der Waals surface area contributed by atoms with Crippen molar-refractivity contribution in [2.45, 2.75) is 18.4 Å². The lowest BCUT2D eigenvalue weighted by molar-refractivity contribution is -0.118. The summed E-state index contributed by atoms with van der Waals surface area (Å²) in [6.45, 7) is 0. The summed E-state index contributed by atoms with van der Waals surface area (Å²) in [5, 5.41) is 13.7. The molecule has 1 saturated carbocycles. The molecule has 4 nitrogen and oxygen atoms in total. The summed E-state index contributed by atoms with van der Waals surface area (Å²) in [6.07, 6.45) is 1.46. The van der Waals surface area contributed by atoms with E-state index in [0.29, 0.717) is 10.6 Å². The third kappa shape index (κ3) is 1.50. The minimum absolute atomic E-state index is 0.184. The number of nitrogens with two attached hydrogens (primary N) is 1. The fourth-order valence-electron chi connectivity index (χ4n) is 1.08. The van der Waals surface area contributed by atoms with Gasteiger partial charge < -0.3 is 11.1 Å². The lowest BCUT2D eigenvalue weighted by atomic mass is 10.2. The molecule has 0 radical (unpaired) electrons. The molecule has 0 spiro atoms. The Kier molecular flexibility index (Phi) is 2.02. The number of thiophene rings is 1. The minimum Gasteiger partial charge on any atom is -0.317 e. The fourth-order valence-corrected chi connectivity index (χ4v) is 1.82. The summed E-state index contributed by atoms with van der Waals surface area (Å²) in [7, 11) is 0. The second-order valence-electron chi connectivity index (χ2n) is 3.39. The standard InChI is InChI=1S/C9H9N3OS/c10-5-6-1-4-14-7(6)12-8(13)9(11)2-3-9/h1,4H,2-3,11H2,(H,12,13). The summed E-state index contributed by atoms with van der Waals surface area (Å²) in [5.41, 5.74) is 5.52. The van der Waals surface area contributed by atoms with E-state index < -0.39 is 5.54 Å². The first-order valence-electron chi connectivity index (χ1n) is 4.24. The molecule has 0 atom stereocenters. The molecule has 1 aromatic rings. The molecule has 0 unspecified atom stereocenters. The molecule has 0 aliphatic heterocycles. The topological polar surface area (TPSA) is 78.9 Å². The van der Waals surface area contributed by atoms with Gasteiger partial charge in [-0.1, -0.05) is 0 Å². The van der Waals surface area contributed by atoms with Crippen molar-refractivity contribution in [3.8, 4) is 6.07 Å². The first kappa shape index (κ1) is 9.19. The van der Waals surface area contributed by atoms with E-state index in [1.807, 2.05) is 6.07 Å². The first-order valence-corrected chi connectivity index (χ1v) is 5.12. The number of carbonyl (C=O) groups excluding carboxylic acids is 1. The Bertz CT molecular complexity index is 414. The molecular formula is C9H9N3OS. The second-order valence-corrected chi connectivity index (χ2v) is 4.30. The van der Waals surface area contributed by atoms with Crippen molar-refractivity contribution < 1.29 is 4.79 Å². The van der Waals surface area contributed by atoms with Gasteiger partial charge in [0.25, 0.3) is 0 Å². The molecule has 1 aromatic heterocycles. The molecule has 1 fully saturated rings. The summed E-state index contributed by atoms with van der Waals surface area (Å²) >= 11 is 1.34. The third-order valence-electron chi connectivity index (χ3n) is 2.25. The molecule has 0 aromatic carbocycles. The highest BCUT2D eigenvalue weighted by molar-refractivity contribution is 7.14. The van der Waals surface area contributed by atoms with E-state index in [2.05, 4.69) is 5.32 Å². The van der Waals surface area contributed by atoms with Gasteiger partial charge in [-0.2, -0.15) is 5.26 Å². The highest BCUT2D eigenvalue weighted by Crippen LogP contribution is 2.34.